The average molecular weight is 571 g/mol. The smallest absolute Gasteiger partial charge is 0.162 e. The van der Waals surface area contributed by atoms with Crippen LogP contribution in [-0.2, 0) is 14.3 Å². The molecular formula is C34H54N2O3S. The first-order valence-corrected chi connectivity index (χ1v) is 15.5. The summed E-state index contributed by atoms with van der Waals surface area (Å²) in [6, 6.07) is 0. The fourth-order valence-electron chi connectivity index (χ4n) is 3.14. The largest absolute Gasteiger partial charge is 0.381 e. The number of carbonyl (C=O) groups is 2. The number of rotatable bonds is 13. The molecule has 0 saturated heterocycles. The van der Waals surface area contributed by atoms with Crippen LogP contribution in [0.15, 0.2) is 48.0 Å². The van der Waals surface area contributed by atoms with Crippen molar-refractivity contribution < 1.29 is 14.3 Å². The molecule has 5 nitrogen and oxygen atoms in total. The number of aromatic amines is 1. The molecule has 0 atom stereocenters. The molecule has 1 N–H and O–H groups in total. The van der Waals surface area contributed by atoms with E-state index >= 15 is 0 Å². The number of ether oxygens (including phenoxy) is 1. The second-order valence-corrected chi connectivity index (χ2v) is 9.64. The third kappa shape index (κ3) is 15.7. The number of unbranched alkanes of at least 4 members (excludes halogenated alkanes) is 1. The lowest BCUT2D eigenvalue weighted by atomic mass is 10.0. The molecule has 0 unspecified atom stereocenters. The van der Waals surface area contributed by atoms with E-state index in [0.29, 0.717) is 16.2 Å². The van der Waals surface area contributed by atoms with Gasteiger partial charge >= 0.3 is 0 Å². The Kier molecular flexibility index (Phi) is 24.7. The highest BCUT2D eigenvalue weighted by atomic mass is 32.1. The highest BCUT2D eigenvalue weighted by Gasteiger charge is 2.17. The molecular weight excluding hydrogens is 516 g/mol. The molecule has 0 bridgehead atoms. The van der Waals surface area contributed by atoms with Crippen LogP contribution in [0.4, 0.5) is 0 Å². The zero-order valence-electron chi connectivity index (χ0n) is 26.8. The van der Waals surface area contributed by atoms with Crippen molar-refractivity contribution in [3.63, 3.8) is 0 Å². The fourth-order valence-corrected chi connectivity index (χ4v) is 4.02. The minimum atomic E-state index is -0.115. The summed E-state index contributed by atoms with van der Waals surface area (Å²) in [4.78, 5) is 31.9. The lowest BCUT2D eigenvalue weighted by molar-refractivity contribution is -0.113. The summed E-state index contributed by atoms with van der Waals surface area (Å²) < 4.78 is 5.22. The molecule has 0 radical (unpaired) electrons. The van der Waals surface area contributed by atoms with E-state index in [0.717, 1.165) is 48.6 Å². The topological polar surface area (TPSA) is 72.0 Å². The minimum absolute atomic E-state index is 0.0644. The van der Waals surface area contributed by atoms with Crippen LogP contribution in [0.2, 0.25) is 0 Å². The second-order valence-electron chi connectivity index (χ2n) is 8.78. The third-order valence-corrected chi connectivity index (χ3v) is 5.91. The van der Waals surface area contributed by atoms with Crippen LogP contribution in [0.25, 0.3) is 22.9 Å². The van der Waals surface area contributed by atoms with Gasteiger partial charge in [-0.2, -0.15) is 0 Å². The van der Waals surface area contributed by atoms with E-state index in [4.69, 9.17) is 4.74 Å². The summed E-state index contributed by atoms with van der Waals surface area (Å²) in [5, 5.41) is 2.54. The molecule has 2 aromatic rings. The molecule has 0 saturated carbocycles. The van der Waals surface area contributed by atoms with Gasteiger partial charge in [-0.25, -0.2) is 4.98 Å². The first-order valence-electron chi connectivity index (χ1n) is 14.7. The van der Waals surface area contributed by atoms with Crippen LogP contribution >= 0.6 is 11.3 Å². The van der Waals surface area contributed by atoms with E-state index in [1.807, 2.05) is 57.5 Å². The van der Waals surface area contributed by atoms with Crippen molar-refractivity contribution in [1.82, 2.24) is 9.97 Å². The monoisotopic (exact) mass is 570 g/mol. The van der Waals surface area contributed by atoms with Gasteiger partial charge in [-0.15, -0.1) is 11.3 Å². The number of hydrogen-bond donors (Lipinski definition) is 1. The summed E-state index contributed by atoms with van der Waals surface area (Å²) in [5.74, 6) is -0.179. The lowest BCUT2D eigenvalue weighted by Gasteiger charge is -2.02. The van der Waals surface area contributed by atoms with Gasteiger partial charge in [0.2, 0.25) is 0 Å². The highest BCUT2D eigenvalue weighted by molar-refractivity contribution is 7.11. The Morgan fingerprint density at radius 2 is 1.70 bits per heavy atom. The predicted octanol–water partition coefficient (Wildman–Crippen LogP) is 10.2. The van der Waals surface area contributed by atoms with Gasteiger partial charge in [0.15, 0.2) is 11.6 Å². The SMILES string of the molecule is C=C/C=C\c1c(-c2csc(/C(=C/C(=C\CC)C(C)=O)C(C)=O)n2)c[nH]c1C.CC.CCC.CCCCOCCC. The molecule has 2 heterocycles. The van der Waals surface area contributed by atoms with Crippen molar-refractivity contribution >= 4 is 34.6 Å². The molecule has 0 aliphatic carbocycles. The zero-order valence-corrected chi connectivity index (χ0v) is 27.6. The number of nitrogens with zero attached hydrogens (tertiary/aromatic N) is 1. The van der Waals surface area contributed by atoms with Crippen molar-refractivity contribution in [2.24, 2.45) is 0 Å². The van der Waals surface area contributed by atoms with Crippen LogP contribution in [-0.4, -0.2) is 34.7 Å². The van der Waals surface area contributed by atoms with E-state index in [2.05, 4.69) is 44.2 Å². The van der Waals surface area contributed by atoms with Crippen molar-refractivity contribution in [3.05, 3.63) is 64.3 Å². The highest BCUT2D eigenvalue weighted by Crippen LogP contribution is 2.31. The van der Waals surface area contributed by atoms with Gasteiger partial charge in [0.1, 0.15) is 5.01 Å². The number of Topliss-reactive ketones (excluding diaryl/α,β-unsaturated/α-hetero) is 2. The van der Waals surface area contributed by atoms with Gasteiger partial charge in [-0.05, 0) is 46.1 Å². The van der Waals surface area contributed by atoms with E-state index in [-0.39, 0.29) is 11.6 Å². The summed E-state index contributed by atoms with van der Waals surface area (Å²) in [7, 11) is 0. The zero-order chi connectivity index (χ0) is 30.9. The number of nitrogens with one attached hydrogen (secondary N) is 1. The Bertz CT molecular complexity index is 1060. The molecule has 2 aromatic heterocycles. The van der Waals surface area contributed by atoms with Crippen LogP contribution in [0.3, 0.4) is 0 Å². The number of aryl methyl sites for hydroxylation is 1. The van der Waals surface area contributed by atoms with Crippen molar-refractivity contribution in [2.75, 3.05) is 13.2 Å². The second kappa shape index (κ2) is 25.2. The number of hydrogen-bond acceptors (Lipinski definition) is 5. The van der Waals surface area contributed by atoms with Gasteiger partial charge in [0.25, 0.3) is 0 Å². The molecule has 0 fully saturated rings. The Morgan fingerprint density at radius 1 is 1.05 bits per heavy atom. The predicted molar refractivity (Wildman–Crippen MR) is 177 cm³/mol. The molecule has 224 valence electrons. The molecule has 0 aliphatic rings. The summed E-state index contributed by atoms with van der Waals surface area (Å²) in [6.45, 7) is 25.1. The van der Waals surface area contributed by atoms with E-state index in [1.54, 1.807) is 12.2 Å². The van der Waals surface area contributed by atoms with Gasteiger partial charge in [-0.1, -0.05) is 92.2 Å². The summed E-state index contributed by atoms with van der Waals surface area (Å²) >= 11 is 1.40. The van der Waals surface area contributed by atoms with Crippen LogP contribution < -0.4 is 0 Å². The Morgan fingerprint density at radius 3 is 2.20 bits per heavy atom. The van der Waals surface area contributed by atoms with Gasteiger partial charge in [0, 0.05) is 47.2 Å². The standard InChI is InChI=1S/C22H24N2O2S.C7H16O.C3H8.C2H6/c1-6-8-10-18-14(3)23-12-20(18)21-13-27-22(24-21)19(16(5)26)11-17(9-7-2)15(4)25;1-3-5-7-8-6-4-2;1-3-2;1-2/h6,8-13,23H,1,7H2,2-5H3;3-7H2,1-2H3;3H2,1-2H3;1-2H3/b10-8-,17-9+,19-11+;;;. The van der Waals surface area contributed by atoms with Crippen molar-refractivity contribution in [2.45, 2.75) is 101 Å². The van der Waals surface area contributed by atoms with Crippen molar-refractivity contribution in [3.8, 4) is 11.3 Å². The van der Waals surface area contributed by atoms with E-state index in [9.17, 15) is 9.59 Å². The molecule has 0 amide bonds. The minimum Gasteiger partial charge on any atom is -0.381 e. The maximum absolute atomic E-state index is 12.2. The Balaban J connectivity index is 0. The van der Waals surface area contributed by atoms with E-state index in [1.165, 1.54) is 44.4 Å². The lowest BCUT2D eigenvalue weighted by Crippen LogP contribution is -2.00. The first-order chi connectivity index (χ1) is 19.2. The summed E-state index contributed by atoms with van der Waals surface area (Å²) in [6.07, 6.45) is 16.5. The number of allylic oxidation sites excluding steroid dienone is 6. The van der Waals surface area contributed by atoms with Crippen molar-refractivity contribution in [1.29, 1.82) is 0 Å². The Labute approximate surface area is 248 Å². The Hall–Kier alpha value is -2.83. The number of ketones is 2. The van der Waals surface area contributed by atoms with Gasteiger partial charge in [0.05, 0.1) is 11.3 Å². The quantitative estimate of drug-likeness (QED) is 0.148. The number of carbonyl (C=O) groups excluding carboxylic acids is 2. The average Bonchev–Trinajstić information content (AvgIpc) is 3.56. The molecule has 40 heavy (non-hydrogen) atoms. The maximum Gasteiger partial charge on any atom is 0.162 e. The van der Waals surface area contributed by atoms with Gasteiger partial charge < -0.3 is 9.72 Å². The normalized spacial score (nSPS) is 11.1. The molecule has 0 aliphatic heterocycles. The molecule has 0 aromatic carbocycles. The third-order valence-electron chi connectivity index (χ3n) is 5.04. The fraction of sp³-hybridized carbons (Fsp3) is 0.500. The molecule has 0 spiro atoms. The number of thiazole rings is 1. The van der Waals surface area contributed by atoms with E-state index < -0.39 is 0 Å². The molecule has 6 heteroatoms. The van der Waals surface area contributed by atoms with Crippen LogP contribution in [0.1, 0.15) is 111 Å². The summed E-state index contributed by atoms with van der Waals surface area (Å²) in [5.41, 5.74) is 4.81. The first kappa shape index (κ1) is 39.3. The van der Waals surface area contributed by atoms with Crippen LogP contribution in [0, 0.1) is 6.92 Å². The van der Waals surface area contributed by atoms with Gasteiger partial charge in [-0.3, -0.25) is 9.59 Å². The maximum atomic E-state index is 12.2. The molecule has 2 rings (SSSR count). The number of aromatic nitrogens is 2. The number of H-pyrrole nitrogens is 1. The van der Waals surface area contributed by atoms with Crippen LogP contribution in [0.5, 0.6) is 0 Å².